The van der Waals surface area contributed by atoms with Gasteiger partial charge in [-0.15, -0.1) is 5.10 Å². The molecule has 116 valence electrons. The predicted octanol–water partition coefficient (Wildman–Crippen LogP) is 1.82. The van der Waals surface area contributed by atoms with Gasteiger partial charge in [-0.25, -0.2) is 0 Å². The van der Waals surface area contributed by atoms with E-state index in [-0.39, 0.29) is 5.82 Å². The Bertz CT molecular complexity index is 656. The van der Waals surface area contributed by atoms with Crippen LogP contribution in [-0.4, -0.2) is 50.6 Å². The number of nitrogens with zero attached hydrogens (tertiary/aromatic N) is 6. The minimum absolute atomic E-state index is 0.131. The summed E-state index contributed by atoms with van der Waals surface area (Å²) >= 11 is 7.22. The first kappa shape index (κ1) is 15.1. The summed E-state index contributed by atoms with van der Waals surface area (Å²) in [6.07, 6.45) is 1.55. The van der Waals surface area contributed by atoms with Gasteiger partial charge in [0.2, 0.25) is 0 Å². The molecule has 0 amide bonds. The normalized spacial score (nSPS) is 16.0. The van der Waals surface area contributed by atoms with Gasteiger partial charge < -0.3 is 15.0 Å². The van der Waals surface area contributed by atoms with Crippen LogP contribution < -0.4 is 4.90 Å². The lowest BCUT2D eigenvalue weighted by atomic mass is 10.2. The summed E-state index contributed by atoms with van der Waals surface area (Å²) in [4.78, 5) is 18.4. The minimum Gasteiger partial charge on any atom is -0.366 e. The van der Waals surface area contributed by atoms with Crippen LogP contribution in [-0.2, 0) is 6.54 Å². The van der Waals surface area contributed by atoms with Gasteiger partial charge in [0.25, 0.3) is 0 Å². The molecule has 2 aromatic heterocycles. The number of aromatic nitrogens is 3. The quantitative estimate of drug-likeness (QED) is 0.619. The van der Waals surface area contributed by atoms with E-state index in [4.69, 9.17) is 11.6 Å². The van der Waals surface area contributed by atoms with Crippen molar-refractivity contribution in [1.82, 2.24) is 19.5 Å². The van der Waals surface area contributed by atoms with Gasteiger partial charge in [-0.3, -0.25) is 4.90 Å². The number of anilines is 1. The molecule has 0 radical (unpaired) electrons. The molecule has 0 unspecified atom stereocenters. The highest BCUT2D eigenvalue weighted by atomic mass is 35.5. The molecule has 1 aliphatic rings. The van der Waals surface area contributed by atoms with E-state index in [1.54, 1.807) is 12.3 Å². The molecule has 3 rings (SSSR count). The minimum atomic E-state index is -0.493. The lowest BCUT2D eigenvalue weighted by Gasteiger charge is -2.35. The Balaban J connectivity index is 1.57. The molecule has 3 heterocycles. The van der Waals surface area contributed by atoms with E-state index >= 15 is 0 Å². The van der Waals surface area contributed by atoms with Crippen molar-refractivity contribution in [2.24, 2.45) is 0 Å². The first-order valence-corrected chi connectivity index (χ1v) is 7.83. The molecule has 8 nitrogen and oxygen atoms in total. The summed E-state index contributed by atoms with van der Waals surface area (Å²) in [6.45, 7) is 4.08. The molecule has 1 saturated heterocycles. The van der Waals surface area contributed by atoms with E-state index in [9.17, 15) is 10.1 Å². The number of hydrogen-bond acceptors (Lipinski definition) is 8. The second kappa shape index (κ2) is 6.51. The second-order valence-electron chi connectivity index (χ2n) is 4.89. The smallest absolute Gasteiger partial charge is 0.363 e. The summed E-state index contributed by atoms with van der Waals surface area (Å²) < 4.78 is 4.47. The van der Waals surface area contributed by atoms with Crippen LogP contribution in [0, 0.1) is 10.1 Å². The van der Waals surface area contributed by atoms with Gasteiger partial charge >= 0.3 is 5.82 Å². The van der Waals surface area contributed by atoms with Crippen LogP contribution in [0.15, 0.2) is 18.3 Å². The molecular formula is C12H13ClN6O2S. The highest BCUT2D eigenvalue weighted by molar-refractivity contribution is 7.10. The molecule has 10 heteroatoms. The van der Waals surface area contributed by atoms with Gasteiger partial charge in [-0.1, -0.05) is 16.1 Å². The van der Waals surface area contributed by atoms with E-state index in [0.717, 1.165) is 37.6 Å². The zero-order valence-electron chi connectivity index (χ0n) is 11.6. The number of nitro groups is 1. The Morgan fingerprint density at radius 2 is 2.09 bits per heavy atom. The van der Waals surface area contributed by atoms with E-state index in [0.29, 0.717) is 10.9 Å². The Morgan fingerprint density at radius 3 is 2.64 bits per heavy atom. The molecule has 0 aliphatic carbocycles. The average Bonchev–Trinajstić information content (AvgIpc) is 2.93. The highest BCUT2D eigenvalue weighted by Crippen LogP contribution is 2.21. The SMILES string of the molecule is O=[N+]([O-])c1ccc(N2CCN(Cc3nnsc3Cl)CC2)cn1. The van der Waals surface area contributed by atoms with Crippen molar-refractivity contribution in [1.29, 1.82) is 0 Å². The zero-order chi connectivity index (χ0) is 15.5. The zero-order valence-corrected chi connectivity index (χ0v) is 13.1. The van der Waals surface area contributed by atoms with E-state index < -0.39 is 4.92 Å². The summed E-state index contributed by atoms with van der Waals surface area (Å²) in [5.41, 5.74) is 1.72. The van der Waals surface area contributed by atoms with Crippen LogP contribution in [0.1, 0.15) is 5.69 Å². The van der Waals surface area contributed by atoms with Gasteiger partial charge in [-0.05, 0) is 16.0 Å². The van der Waals surface area contributed by atoms with Crippen molar-refractivity contribution in [2.75, 3.05) is 31.1 Å². The van der Waals surface area contributed by atoms with Gasteiger partial charge in [0.1, 0.15) is 10.0 Å². The molecule has 1 fully saturated rings. The van der Waals surface area contributed by atoms with Crippen molar-refractivity contribution in [2.45, 2.75) is 6.54 Å². The van der Waals surface area contributed by atoms with Crippen molar-refractivity contribution in [3.8, 4) is 0 Å². The van der Waals surface area contributed by atoms with Gasteiger partial charge in [0, 0.05) is 50.3 Å². The lowest BCUT2D eigenvalue weighted by molar-refractivity contribution is -0.389. The maximum absolute atomic E-state index is 10.6. The lowest BCUT2D eigenvalue weighted by Crippen LogP contribution is -2.46. The van der Waals surface area contributed by atoms with Crippen LogP contribution >= 0.6 is 23.1 Å². The summed E-state index contributed by atoms with van der Waals surface area (Å²) in [7, 11) is 0. The number of piperazine rings is 1. The second-order valence-corrected chi connectivity index (χ2v) is 6.24. The third-order valence-electron chi connectivity index (χ3n) is 3.54. The van der Waals surface area contributed by atoms with Gasteiger partial charge in [-0.2, -0.15) is 0 Å². The molecule has 0 bridgehead atoms. The number of halogens is 1. The maximum atomic E-state index is 10.6. The molecule has 1 aliphatic heterocycles. The summed E-state index contributed by atoms with van der Waals surface area (Å²) in [6, 6.07) is 3.17. The van der Waals surface area contributed by atoms with Gasteiger partial charge in [0.15, 0.2) is 6.20 Å². The standard InChI is InChI=1S/C12H13ClN6O2S/c13-12-10(15-16-22-12)8-17-3-5-18(6-4-17)9-1-2-11(14-7-9)19(20)21/h1-2,7H,3-6,8H2. The van der Waals surface area contributed by atoms with Crippen molar-refractivity contribution in [3.05, 3.63) is 38.5 Å². The van der Waals surface area contributed by atoms with Crippen LogP contribution in [0.2, 0.25) is 4.34 Å². The topological polar surface area (TPSA) is 88.3 Å². The Hall–Kier alpha value is -1.84. The Labute approximate surface area is 135 Å². The van der Waals surface area contributed by atoms with E-state index in [2.05, 4.69) is 24.4 Å². The fourth-order valence-electron chi connectivity index (χ4n) is 2.34. The highest BCUT2D eigenvalue weighted by Gasteiger charge is 2.20. The number of hydrogen-bond donors (Lipinski definition) is 0. The van der Waals surface area contributed by atoms with E-state index in [1.165, 1.54) is 17.6 Å². The molecular weight excluding hydrogens is 328 g/mol. The monoisotopic (exact) mass is 340 g/mol. The largest absolute Gasteiger partial charge is 0.366 e. The Morgan fingerprint density at radius 1 is 1.32 bits per heavy atom. The fourth-order valence-corrected chi connectivity index (χ4v) is 2.95. The van der Waals surface area contributed by atoms with Crippen LogP contribution in [0.25, 0.3) is 0 Å². The van der Waals surface area contributed by atoms with Gasteiger partial charge in [0.05, 0.1) is 5.69 Å². The maximum Gasteiger partial charge on any atom is 0.363 e. The molecule has 0 atom stereocenters. The molecule has 0 N–H and O–H groups in total. The molecule has 0 aromatic carbocycles. The predicted molar refractivity (Wildman–Crippen MR) is 83.3 cm³/mol. The molecule has 22 heavy (non-hydrogen) atoms. The molecule has 0 spiro atoms. The van der Waals surface area contributed by atoms with Crippen molar-refractivity contribution in [3.63, 3.8) is 0 Å². The third kappa shape index (κ3) is 3.32. The molecule has 0 saturated carbocycles. The van der Waals surface area contributed by atoms with Crippen molar-refractivity contribution < 1.29 is 4.92 Å². The number of rotatable bonds is 4. The first-order valence-electron chi connectivity index (χ1n) is 6.68. The Kier molecular flexibility index (Phi) is 4.46. The third-order valence-corrected chi connectivity index (χ3v) is 4.52. The van der Waals surface area contributed by atoms with Crippen LogP contribution in [0.3, 0.4) is 0 Å². The van der Waals surface area contributed by atoms with E-state index in [1.807, 2.05) is 0 Å². The summed E-state index contributed by atoms with van der Waals surface area (Å²) in [5, 5.41) is 14.6. The molecule has 2 aromatic rings. The fraction of sp³-hybridized carbons (Fsp3) is 0.417. The number of pyridine rings is 1. The first-order chi connectivity index (χ1) is 10.6. The van der Waals surface area contributed by atoms with Crippen LogP contribution in [0.5, 0.6) is 0 Å². The van der Waals surface area contributed by atoms with Crippen LogP contribution in [0.4, 0.5) is 11.5 Å². The average molecular weight is 341 g/mol. The van der Waals surface area contributed by atoms with Crippen molar-refractivity contribution >= 4 is 34.6 Å². The summed E-state index contributed by atoms with van der Waals surface area (Å²) in [5.74, 6) is -0.131.